The Hall–Kier alpha value is -1.41. The van der Waals surface area contributed by atoms with Crippen LogP contribution in [0.15, 0.2) is 29.6 Å². The van der Waals surface area contributed by atoms with Crippen LogP contribution in [0.25, 0.3) is 10.1 Å². The number of hydrogen-bond acceptors (Lipinski definition) is 4. The van der Waals surface area contributed by atoms with Crippen LogP contribution in [0.3, 0.4) is 0 Å². The molecular weight excluding hydrogens is 210 g/mol. The molecule has 4 heteroatoms. The molecule has 76 valence electrons. The standard InChI is InChI=1S/C11H9NO2S/c12-6-9(13)11(14)8-2-1-7-3-4-15-10(7)5-8/h1-5,9,11,13-14H. The first-order valence-electron chi connectivity index (χ1n) is 4.45. The average Bonchev–Trinajstić information content (AvgIpc) is 2.73. The normalized spacial score (nSPS) is 14.7. The largest absolute Gasteiger partial charge is 0.385 e. The Morgan fingerprint density at radius 1 is 1.27 bits per heavy atom. The van der Waals surface area contributed by atoms with E-state index in [0.717, 1.165) is 10.1 Å². The zero-order chi connectivity index (χ0) is 10.8. The highest BCUT2D eigenvalue weighted by atomic mass is 32.1. The molecule has 0 aliphatic rings. The molecule has 0 radical (unpaired) electrons. The number of rotatable bonds is 2. The lowest BCUT2D eigenvalue weighted by Crippen LogP contribution is -2.15. The molecule has 2 unspecified atom stereocenters. The van der Waals surface area contributed by atoms with Crippen molar-refractivity contribution in [2.75, 3.05) is 0 Å². The Bertz CT molecular complexity index is 515. The molecule has 0 fully saturated rings. The first kappa shape index (κ1) is 10.1. The van der Waals surface area contributed by atoms with Gasteiger partial charge in [0.05, 0.1) is 6.07 Å². The molecule has 0 aliphatic carbocycles. The monoisotopic (exact) mass is 219 g/mol. The fraction of sp³-hybridized carbons (Fsp3) is 0.182. The molecule has 2 rings (SSSR count). The van der Waals surface area contributed by atoms with Crippen LogP contribution in [-0.4, -0.2) is 16.3 Å². The fourth-order valence-electron chi connectivity index (χ4n) is 1.41. The van der Waals surface area contributed by atoms with Gasteiger partial charge in [0, 0.05) is 4.70 Å². The summed E-state index contributed by atoms with van der Waals surface area (Å²) in [4.78, 5) is 0. The number of benzene rings is 1. The minimum atomic E-state index is -1.37. The minimum Gasteiger partial charge on any atom is -0.385 e. The smallest absolute Gasteiger partial charge is 0.170 e. The summed E-state index contributed by atoms with van der Waals surface area (Å²) >= 11 is 1.56. The Kier molecular flexibility index (Phi) is 2.69. The van der Waals surface area contributed by atoms with Crippen molar-refractivity contribution >= 4 is 21.4 Å². The average molecular weight is 219 g/mol. The molecule has 1 heterocycles. The third-order valence-corrected chi connectivity index (χ3v) is 3.13. The molecule has 0 saturated carbocycles. The van der Waals surface area contributed by atoms with E-state index in [1.807, 2.05) is 17.5 Å². The van der Waals surface area contributed by atoms with Gasteiger partial charge in [0.2, 0.25) is 0 Å². The van der Waals surface area contributed by atoms with E-state index in [9.17, 15) is 10.2 Å². The van der Waals surface area contributed by atoms with Crippen LogP contribution in [0, 0.1) is 11.3 Å². The summed E-state index contributed by atoms with van der Waals surface area (Å²) in [6, 6.07) is 8.99. The molecule has 0 bridgehead atoms. The van der Waals surface area contributed by atoms with Crippen LogP contribution in [0.1, 0.15) is 11.7 Å². The Balaban J connectivity index is 2.40. The summed E-state index contributed by atoms with van der Waals surface area (Å²) in [7, 11) is 0. The highest BCUT2D eigenvalue weighted by Gasteiger charge is 2.17. The van der Waals surface area contributed by atoms with Crippen molar-refractivity contribution in [3.8, 4) is 6.07 Å². The maximum absolute atomic E-state index is 9.62. The maximum Gasteiger partial charge on any atom is 0.170 e. The molecule has 15 heavy (non-hydrogen) atoms. The van der Waals surface area contributed by atoms with E-state index in [0.29, 0.717) is 5.56 Å². The minimum absolute atomic E-state index is 0.569. The second-order valence-electron chi connectivity index (χ2n) is 3.24. The van der Waals surface area contributed by atoms with E-state index in [1.165, 1.54) is 0 Å². The van der Waals surface area contributed by atoms with Gasteiger partial charge in [-0.3, -0.25) is 0 Å². The quantitative estimate of drug-likeness (QED) is 0.757. The van der Waals surface area contributed by atoms with Crippen LogP contribution >= 0.6 is 11.3 Å². The molecule has 2 atom stereocenters. The molecular formula is C11H9NO2S. The summed E-state index contributed by atoms with van der Waals surface area (Å²) in [5.41, 5.74) is 0.569. The topological polar surface area (TPSA) is 64.2 Å². The van der Waals surface area contributed by atoms with Crippen molar-refractivity contribution in [3.05, 3.63) is 35.2 Å². The van der Waals surface area contributed by atoms with E-state index >= 15 is 0 Å². The fourth-order valence-corrected chi connectivity index (χ4v) is 2.25. The first-order valence-corrected chi connectivity index (χ1v) is 5.33. The Morgan fingerprint density at radius 3 is 2.80 bits per heavy atom. The SMILES string of the molecule is N#CC(O)C(O)c1ccc2ccsc2c1. The summed E-state index contributed by atoms with van der Waals surface area (Å²) in [5, 5.41) is 30.4. The molecule has 3 nitrogen and oxygen atoms in total. The third-order valence-electron chi connectivity index (χ3n) is 2.25. The van der Waals surface area contributed by atoms with Crippen molar-refractivity contribution in [1.82, 2.24) is 0 Å². The second kappa shape index (κ2) is 3.99. The molecule has 0 aliphatic heterocycles. The van der Waals surface area contributed by atoms with Gasteiger partial charge in [0.25, 0.3) is 0 Å². The van der Waals surface area contributed by atoms with Crippen molar-refractivity contribution in [2.45, 2.75) is 12.2 Å². The molecule has 0 amide bonds. The number of fused-ring (bicyclic) bond motifs is 1. The van der Waals surface area contributed by atoms with E-state index in [-0.39, 0.29) is 0 Å². The van der Waals surface area contributed by atoms with Crippen molar-refractivity contribution < 1.29 is 10.2 Å². The lowest BCUT2D eigenvalue weighted by atomic mass is 10.0. The zero-order valence-electron chi connectivity index (χ0n) is 7.79. The molecule has 1 aromatic carbocycles. The number of nitrogens with zero attached hydrogens (tertiary/aromatic N) is 1. The predicted molar refractivity (Wildman–Crippen MR) is 58.4 cm³/mol. The first-order chi connectivity index (χ1) is 7.22. The molecule has 2 N–H and O–H groups in total. The molecule has 1 aromatic heterocycles. The summed E-state index contributed by atoms with van der Waals surface area (Å²) in [6.45, 7) is 0. The van der Waals surface area contributed by atoms with Crippen LogP contribution in [0.5, 0.6) is 0 Å². The van der Waals surface area contributed by atoms with Gasteiger partial charge in [0.1, 0.15) is 6.10 Å². The van der Waals surface area contributed by atoms with E-state index in [4.69, 9.17) is 5.26 Å². The number of thiophene rings is 1. The van der Waals surface area contributed by atoms with Crippen molar-refractivity contribution in [3.63, 3.8) is 0 Å². The summed E-state index contributed by atoms with van der Waals surface area (Å²) in [6.07, 6.45) is -2.51. The zero-order valence-corrected chi connectivity index (χ0v) is 8.61. The molecule has 0 spiro atoms. The molecule has 2 aromatic rings. The van der Waals surface area contributed by atoms with E-state index in [1.54, 1.807) is 29.5 Å². The van der Waals surface area contributed by atoms with Crippen molar-refractivity contribution in [2.24, 2.45) is 0 Å². The Labute approximate surface area is 90.8 Å². The number of aliphatic hydroxyl groups excluding tert-OH is 2. The van der Waals surface area contributed by atoms with E-state index in [2.05, 4.69) is 0 Å². The summed E-state index contributed by atoms with van der Waals surface area (Å²) < 4.78 is 1.04. The van der Waals surface area contributed by atoms with Crippen LogP contribution in [0.2, 0.25) is 0 Å². The van der Waals surface area contributed by atoms with Gasteiger partial charge in [-0.05, 0) is 28.5 Å². The maximum atomic E-state index is 9.62. The van der Waals surface area contributed by atoms with Crippen molar-refractivity contribution in [1.29, 1.82) is 5.26 Å². The van der Waals surface area contributed by atoms with Gasteiger partial charge >= 0.3 is 0 Å². The van der Waals surface area contributed by atoms with E-state index < -0.39 is 12.2 Å². The van der Waals surface area contributed by atoms with Gasteiger partial charge in [-0.2, -0.15) is 5.26 Å². The lowest BCUT2D eigenvalue weighted by Gasteiger charge is -2.11. The summed E-state index contributed by atoms with van der Waals surface area (Å²) in [5.74, 6) is 0. The predicted octanol–water partition coefficient (Wildman–Crippen LogP) is 1.82. The Morgan fingerprint density at radius 2 is 2.07 bits per heavy atom. The highest BCUT2D eigenvalue weighted by molar-refractivity contribution is 7.17. The molecule has 0 saturated heterocycles. The van der Waals surface area contributed by atoms with Gasteiger partial charge in [-0.1, -0.05) is 12.1 Å². The second-order valence-corrected chi connectivity index (χ2v) is 4.18. The number of hydrogen-bond donors (Lipinski definition) is 2. The highest BCUT2D eigenvalue weighted by Crippen LogP contribution is 2.25. The van der Waals surface area contributed by atoms with Crippen LogP contribution in [0.4, 0.5) is 0 Å². The van der Waals surface area contributed by atoms with Gasteiger partial charge in [-0.25, -0.2) is 0 Å². The third kappa shape index (κ3) is 1.85. The number of aliphatic hydroxyl groups is 2. The van der Waals surface area contributed by atoms with Gasteiger partial charge in [0.15, 0.2) is 6.10 Å². The van der Waals surface area contributed by atoms with Gasteiger partial charge < -0.3 is 10.2 Å². The van der Waals surface area contributed by atoms with Gasteiger partial charge in [-0.15, -0.1) is 11.3 Å². The van der Waals surface area contributed by atoms with Crippen LogP contribution < -0.4 is 0 Å². The van der Waals surface area contributed by atoms with Crippen LogP contribution in [-0.2, 0) is 0 Å². The number of nitriles is 1. The lowest BCUT2D eigenvalue weighted by molar-refractivity contribution is 0.0529.